The Kier molecular flexibility index (Phi) is 7.20. The number of piperidine rings is 1. The van der Waals surface area contributed by atoms with Gasteiger partial charge >= 0.3 is 0 Å². The van der Waals surface area contributed by atoms with Gasteiger partial charge in [-0.25, -0.2) is 8.42 Å². The lowest BCUT2D eigenvalue weighted by molar-refractivity contribution is 0.0662. The van der Waals surface area contributed by atoms with Gasteiger partial charge in [-0.1, -0.05) is 41.9 Å². The lowest BCUT2D eigenvalue weighted by atomic mass is 9.97. The number of halogens is 1. The standard InChI is InChI=1S/C25H25ClN2O4S/c26-20-10-12-22(13-11-20)33(30,31)27-24-9-5-4-8-23(24)25(29)28-16-14-19(15-17-28)18-32-21-6-2-1-3-7-21/h1-13,19,27H,14-18H2. The van der Waals surface area contributed by atoms with Gasteiger partial charge < -0.3 is 9.64 Å². The minimum absolute atomic E-state index is 0.0772. The van der Waals surface area contributed by atoms with Gasteiger partial charge in [0.15, 0.2) is 0 Å². The normalized spacial score (nSPS) is 14.6. The number of hydrogen-bond donors (Lipinski definition) is 1. The number of para-hydroxylation sites is 2. The van der Waals surface area contributed by atoms with Crippen molar-refractivity contribution >= 4 is 33.2 Å². The molecule has 0 aliphatic carbocycles. The zero-order chi connectivity index (χ0) is 23.3. The van der Waals surface area contributed by atoms with Gasteiger partial charge in [0.25, 0.3) is 15.9 Å². The van der Waals surface area contributed by atoms with Crippen LogP contribution in [0.1, 0.15) is 23.2 Å². The molecular formula is C25H25ClN2O4S. The Balaban J connectivity index is 1.40. The van der Waals surface area contributed by atoms with E-state index in [1.54, 1.807) is 29.2 Å². The third kappa shape index (κ3) is 5.86. The summed E-state index contributed by atoms with van der Waals surface area (Å²) in [6.45, 7) is 1.81. The molecule has 1 aliphatic heterocycles. The second kappa shape index (κ2) is 10.3. The van der Waals surface area contributed by atoms with Crippen LogP contribution in [-0.4, -0.2) is 38.9 Å². The fraction of sp³-hybridized carbons (Fsp3) is 0.240. The molecule has 1 aliphatic rings. The number of nitrogens with zero attached hydrogens (tertiary/aromatic N) is 1. The molecule has 8 heteroatoms. The maximum atomic E-state index is 13.2. The number of carbonyl (C=O) groups excluding carboxylic acids is 1. The van der Waals surface area contributed by atoms with Crippen LogP contribution in [0.4, 0.5) is 5.69 Å². The summed E-state index contributed by atoms with van der Waals surface area (Å²) in [7, 11) is -3.86. The number of amides is 1. The molecule has 0 unspecified atom stereocenters. The van der Waals surface area contributed by atoms with Crippen LogP contribution < -0.4 is 9.46 Å². The van der Waals surface area contributed by atoms with E-state index in [1.165, 1.54) is 24.3 Å². The Morgan fingerprint density at radius 2 is 1.58 bits per heavy atom. The lowest BCUT2D eigenvalue weighted by Crippen LogP contribution is -2.40. The monoisotopic (exact) mass is 484 g/mol. The first kappa shape index (κ1) is 23.1. The molecule has 172 valence electrons. The van der Waals surface area contributed by atoms with Gasteiger partial charge in [0.1, 0.15) is 5.75 Å². The van der Waals surface area contributed by atoms with Crippen molar-refractivity contribution in [2.75, 3.05) is 24.4 Å². The molecule has 0 saturated carbocycles. The number of ether oxygens (including phenoxy) is 1. The number of anilines is 1. The molecular weight excluding hydrogens is 460 g/mol. The molecule has 0 bridgehead atoms. The van der Waals surface area contributed by atoms with E-state index < -0.39 is 10.0 Å². The topological polar surface area (TPSA) is 75.7 Å². The van der Waals surface area contributed by atoms with Crippen molar-refractivity contribution in [3.63, 3.8) is 0 Å². The zero-order valence-electron chi connectivity index (χ0n) is 18.0. The van der Waals surface area contributed by atoms with Crippen molar-refractivity contribution in [2.24, 2.45) is 5.92 Å². The van der Waals surface area contributed by atoms with Gasteiger partial charge in [-0.15, -0.1) is 0 Å². The number of rotatable bonds is 7. The molecule has 1 heterocycles. The summed E-state index contributed by atoms with van der Waals surface area (Å²) in [5.74, 6) is 1.03. The highest BCUT2D eigenvalue weighted by molar-refractivity contribution is 7.92. The van der Waals surface area contributed by atoms with Crippen LogP contribution in [-0.2, 0) is 10.0 Å². The summed E-state index contributed by atoms with van der Waals surface area (Å²) in [4.78, 5) is 15.1. The molecule has 1 amide bonds. The maximum Gasteiger partial charge on any atom is 0.261 e. The third-order valence-electron chi connectivity index (χ3n) is 5.66. The van der Waals surface area contributed by atoms with Crippen LogP contribution in [0.5, 0.6) is 5.75 Å². The van der Waals surface area contributed by atoms with Crippen molar-refractivity contribution in [3.05, 3.63) is 89.4 Å². The van der Waals surface area contributed by atoms with Crippen LogP contribution >= 0.6 is 11.6 Å². The number of carbonyl (C=O) groups is 1. The van der Waals surface area contributed by atoms with Gasteiger partial charge in [-0.2, -0.15) is 0 Å². The molecule has 33 heavy (non-hydrogen) atoms. The number of benzene rings is 3. The van der Waals surface area contributed by atoms with Crippen LogP contribution in [0.15, 0.2) is 83.8 Å². The summed E-state index contributed by atoms with van der Waals surface area (Å²) >= 11 is 5.86. The Bertz CT molecular complexity index is 1190. The lowest BCUT2D eigenvalue weighted by Gasteiger charge is -2.32. The quantitative estimate of drug-likeness (QED) is 0.508. The number of hydrogen-bond acceptors (Lipinski definition) is 4. The first-order valence-corrected chi connectivity index (χ1v) is 12.6. The number of likely N-dealkylation sites (tertiary alicyclic amines) is 1. The van der Waals surface area contributed by atoms with E-state index in [-0.39, 0.29) is 16.5 Å². The van der Waals surface area contributed by atoms with Crippen LogP contribution in [0.3, 0.4) is 0 Å². The Morgan fingerprint density at radius 1 is 0.939 bits per heavy atom. The summed E-state index contributed by atoms with van der Waals surface area (Å²) in [5, 5.41) is 0.446. The second-order valence-corrected chi connectivity index (χ2v) is 10.1. The van der Waals surface area contributed by atoms with Gasteiger partial charge in [0, 0.05) is 18.1 Å². The van der Waals surface area contributed by atoms with E-state index in [4.69, 9.17) is 16.3 Å². The molecule has 3 aromatic carbocycles. The molecule has 4 rings (SSSR count). The largest absolute Gasteiger partial charge is 0.493 e. The predicted molar refractivity (Wildman–Crippen MR) is 129 cm³/mol. The highest BCUT2D eigenvalue weighted by Gasteiger charge is 2.26. The Labute approximate surface area is 199 Å². The predicted octanol–water partition coefficient (Wildman–Crippen LogP) is 5.07. The fourth-order valence-electron chi connectivity index (χ4n) is 3.78. The van der Waals surface area contributed by atoms with Crippen molar-refractivity contribution < 1.29 is 17.9 Å². The number of nitrogens with one attached hydrogen (secondary N) is 1. The van der Waals surface area contributed by atoms with Crippen molar-refractivity contribution in [3.8, 4) is 5.75 Å². The summed E-state index contributed by atoms with van der Waals surface area (Å²) in [5.41, 5.74) is 0.584. The van der Waals surface area contributed by atoms with E-state index >= 15 is 0 Å². The molecule has 1 saturated heterocycles. The SMILES string of the molecule is O=C(c1ccccc1NS(=O)(=O)c1ccc(Cl)cc1)N1CCC(COc2ccccc2)CC1. The molecule has 0 aromatic heterocycles. The molecule has 6 nitrogen and oxygen atoms in total. The third-order valence-corrected chi connectivity index (χ3v) is 7.29. The molecule has 1 N–H and O–H groups in total. The molecule has 3 aromatic rings. The van der Waals surface area contributed by atoms with Gasteiger partial charge in [0.05, 0.1) is 22.8 Å². The van der Waals surface area contributed by atoms with Crippen LogP contribution in [0, 0.1) is 5.92 Å². The highest BCUT2D eigenvalue weighted by atomic mass is 35.5. The van der Waals surface area contributed by atoms with E-state index in [9.17, 15) is 13.2 Å². The first-order valence-electron chi connectivity index (χ1n) is 10.8. The van der Waals surface area contributed by atoms with E-state index in [0.29, 0.717) is 36.2 Å². The van der Waals surface area contributed by atoms with E-state index in [1.807, 2.05) is 30.3 Å². The van der Waals surface area contributed by atoms with Crippen molar-refractivity contribution in [1.29, 1.82) is 0 Å². The summed E-state index contributed by atoms with van der Waals surface area (Å²) in [6.07, 6.45) is 1.66. The van der Waals surface area contributed by atoms with Crippen LogP contribution in [0.2, 0.25) is 5.02 Å². The second-order valence-electron chi connectivity index (χ2n) is 7.96. The Hall–Kier alpha value is -3.03. The van der Waals surface area contributed by atoms with Crippen LogP contribution in [0.25, 0.3) is 0 Å². The van der Waals surface area contributed by atoms with E-state index in [0.717, 1.165) is 18.6 Å². The first-order chi connectivity index (χ1) is 15.9. The van der Waals surface area contributed by atoms with Gasteiger partial charge in [-0.3, -0.25) is 9.52 Å². The minimum atomic E-state index is -3.86. The molecule has 0 spiro atoms. The molecule has 1 fully saturated rings. The molecule has 0 radical (unpaired) electrons. The fourth-order valence-corrected chi connectivity index (χ4v) is 4.99. The smallest absolute Gasteiger partial charge is 0.261 e. The average Bonchev–Trinajstić information content (AvgIpc) is 2.84. The van der Waals surface area contributed by atoms with Gasteiger partial charge in [-0.05, 0) is 67.3 Å². The van der Waals surface area contributed by atoms with Gasteiger partial charge in [0.2, 0.25) is 0 Å². The highest BCUT2D eigenvalue weighted by Crippen LogP contribution is 2.25. The summed E-state index contributed by atoms with van der Waals surface area (Å²) < 4.78 is 34.0. The Morgan fingerprint density at radius 3 is 2.27 bits per heavy atom. The molecule has 0 atom stereocenters. The van der Waals surface area contributed by atoms with E-state index in [2.05, 4.69) is 4.72 Å². The maximum absolute atomic E-state index is 13.2. The zero-order valence-corrected chi connectivity index (χ0v) is 19.6. The van der Waals surface area contributed by atoms with Crippen molar-refractivity contribution in [2.45, 2.75) is 17.7 Å². The van der Waals surface area contributed by atoms with Crippen molar-refractivity contribution in [1.82, 2.24) is 4.90 Å². The minimum Gasteiger partial charge on any atom is -0.493 e. The average molecular weight is 485 g/mol. The number of sulfonamides is 1. The summed E-state index contributed by atoms with van der Waals surface area (Å²) in [6, 6.07) is 22.2.